The number of aliphatic imine (C=N–C) groups is 1. The number of nitrogens with one attached hydrogen (secondary N) is 2. The van der Waals surface area contributed by atoms with Gasteiger partial charge in [0.05, 0.1) is 0 Å². The molecule has 0 bridgehead atoms. The predicted octanol–water partition coefficient (Wildman–Crippen LogP) is 2.90. The number of hydrogen-bond acceptors (Lipinski definition) is 6. The van der Waals surface area contributed by atoms with Gasteiger partial charge >= 0.3 is 0 Å². The number of nitrogens with zero attached hydrogens (tertiary/aromatic N) is 3. The SMILES string of the molecule is CNC(=O)CCCC(Oc1cccc2c1N=C1NC(=O)CN1C2)N1CCCC2CCCCC21. The Morgan fingerprint density at radius 3 is 2.97 bits per heavy atom. The zero-order valence-electron chi connectivity index (χ0n) is 19.5. The molecule has 2 N–H and O–H groups in total. The van der Waals surface area contributed by atoms with Gasteiger partial charge in [0.15, 0.2) is 6.23 Å². The Morgan fingerprint density at radius 2 is 2.09 bits per heavy atom. The lowest BCUT2D eigenvalue weighted by atomic mass is 9.78. The number of fused-ring (bicyclic) bond motifs is 3. The highest BCUT2D eigenvalue weighted by molar-refractivity contribution is 6.06. The van der Waals surface area contributed by atoms with Crippen LogP contribution in [-0.4, -0.2) is 60.0 Å². The largest absolute Gasteiger partial charge is 0.473 e. The van der Waals surface area contributed by atoms with Crippen molar-refractivity contribution >= 4 is 23.5 Å². The Kier molecular flexibility index (Phi) is 6.53. The third-order valence-corrected chi connectivity index (χ3v) is 7.60. The second kappa shape index (κ2) is 9.71. The summed E-state index contributed by atoms with van der Waals surface area (Å²) >= 11 is 0. The molecule has 0 spiro atoms. The Labute approximate surface area is 195 Å². The van der Waals surface area contributed by atoms with Crippen molar-refractivity contribution in [2.75, 3.05) is 20.1 Å². The van der Waals surface area contributed by atoms with Crippen LogP contribution in [0.5, 0.6) is 5.75 Å². The molecular formula is C25H35N5O3. The van der Waals surface area contributed by atoms with E-state index in [1.54, 1.807) is 7.05 Å². The third-order valence-electron chi connectivity index (χ3n) is 7.60. The Morgan fingerprint density at radius 1 is 1.24 bits per heavy atom. The van der Waals surface area contributed by atoms with Gasteiger partial charge in [0, 0.05) is 38.2 Å². The highest BCUT2D eigenvalue weighted by Gasteiger charge is 2.38. The summed E-state index contributed by atoms with van der Waals surface area (Å²) in [7, 11) is 1.69. The maximum Gasteiger partial charge on any atom is 0.246 e. The quantitative estimate of drug-likeness (QED) is 0.663. The number of ether oxygens (including phenoxy) is 1. The molecule has 3 fully saturated rings. The van der Waals surface area contributed by atoms with E-state index in [2.05, 4.69) is 21.6 Å². The zero-order valence-corrected chi connectivity index (χ0v) is 19.5. The summed E-state index contributed by atoms with van der Waals surface area (Å²) in [4.78, 5) is 33.0. The van der Waals surface area contributed by atoms with Crippen molar-refractivity contribution in [3.8, 4) is 5.75 Å². The molecule has 2 saturated heterocycles. The number of carbonyl (C=O) groups is 2. The minimum absolute atomic E-state index is 0.0206. The van der Waals surface area contributed by atoms with Crippen LogP contribution in [0.1, 0.15) is 63.4 Å². The number of para-hydroxylation sites is 1. The van der Waals surface area contributed by atoms with Gasteiger partial charge < -0.3 is 15.0 Å². The van der Waals surface area contributed by atoms with Crippen LogP contribution in [0.15, 0.2) is 23.2 Å². The summed E-state index contributed by atoms with van der Waals surface area (Å²) in [5, 5.41) is 5.59. The Hall–Kier alpha value is -2.61. The van der Waals surface area contributed by atoms with Crippen LogP contribution in [0, 0.1) is 5.92 Å². The maximum atomic E-state index is 11.9. The second-order valence-electron chi connectivity index (χ2n) is 9.73. The molecule has 3 aliphatic heterocycles. The van der Waals surface area contributed by atoms with Crippen LogP contribution in [0.4, 0.5) is 5.69 Å². The second-order valence-corrected chi connectivity index (χ2v) is 9.73. The van der Waals surface area contributed by atoms with E-state index >= 15 is 0 Å². The fourth-order valence-corrected chi connectivity index (χ4v) is 5.97. The molecule has 8 nitrogen and oxygen atoms in total. The summed E-state index contributed by atoms with van der Waals surface area (Å²) in [5.74, 6) is 2.19. The number of benzene rings is 1. The summed E-state index contributed by atoms with van der Waals surface area (Å²) in [6, 6.07) is 6.63. The molecule has 3 atom stereocenters. The van der Waals surface area contributed by atoms with Crippen molar-refractivity contribution < 1.29 is 14.3 Å². The molecule has 3 unspecified atom stereocenters. The molecule has 1 aromatic carbocycles. The van der Waals surface area contributed by atoms with Crippen LogP contribution >= 0.6 is 0 Å². The maximum absolute atomic E-state index is 11.9. The van der Waals surface area contributed by atoms with Gasteiger partial charge in [-0.3, -0.25) is 19.8 Å². The van der Waals surface area contributed by atoms with E-state index in [1.165, 1.54) is 38.5 Å². The molecule has 3 heterocycles. The van der Waals surface area contributed by atoms with Gasteiger partial charge in [-0.1, -0.05) is 25.0 Å². The van der Waals surface area contributed by atoms with E-state index in [0.29, 0.717) is 31.5 Å². The van der Waals surface area contributed by atoms with E-state index in [4.69, 9.17) is 9.73 Å². The molecule has 178 valence electrons. The highest BCUT2D eigenvalue weighted by atomic mass is 16.5. The van der Waals surface area contributed by atoms with Crippen molar-refractivity contribution in [1.82, 2.24) is 20.4 Å². The lowest BCUT2D eigenvalue weighted by Crippen LogP contribution is -2.53. The third kappa shape index (κ3) is 4.71. The fraction of sp³-hybridized carbons (Fsp3) is 0.640. The van der Waals surface area contributed by atoms with Gasteiger partial charge in [0.25, 0.3) is 0 Å². The van der Waals surface area contributed by atoms with Gasteiger partial charge in [-0.05, 0) is 50.5 Å². The van der Waals surface area contributed by atoms with Crippen molar-refractivity contribution in [1.29, 1.82) is 0 Å². The van der Waals surface area contributed by atoms with Crippen LogP contribution < -0.4 is 15.4 Å². The first kappa shape index (κ1) is 22.2. The number of likely N-dealkylation sites (tertiary alicyclic amines) is 1. The number of rotatable bonds is 7. The molecule has 33 heavy (non-hydrogen) atoms. The van der Waals surface area contributed by atoms with Gasteiger partial charge in [0.1, 0.15) is 18.0 Å². The predicted molar refractivity (Wildman–Crippen MR) is 126 cm³/mol. The first-order valence-electron chi connectivity index (χ1n) is 12.5. The van der Waals surface area contributed by atoms with E-state index in [0.717, 1.165) is 42.3 Å². The van der Waals surface area contributed by atoms with Gasteiger partial charge in [-0.2, -0.15) is 0 Å². The molecule has 0 radical (unpaired) electrons. The average Bonchev–Trinajstić information content (AvgIpc) is 3.20. The van der Waals surface area contributed by atoms with Gasteiger partial charge in [0.2, 0.25) is 17.8 Å². The standard InChI is InChI=1S/C25H35N5O3/c1-26-21(31)12-5-13-23(30-14-6-9-17-7-2-3-10-19(17)30)33-20-11-4-8-18-15-29-16-22(32)27-25(29)28-24(18)20/h4,8,11,17,19,23H,2-3,5-7,9-10,12-16H2,1H3,(H,26,31)(H,27,28,32). The number of piperidine rings is 1. The number of carbonyl (C=O) groups excluding carboxylic acids is 2. The highest BCUT2D eigenvalue weighted by Crippen LogP contribution is 2.40. The Bertz CT molecular complexity index is 931. The summed E-state index contributed by atoms with van der Waals surface area (Å²) < 4.78 is 6.75. The van der Waals surface area contributed by atoms with E-state index in [1.807, 2.05) is 17.0 Å². The van der Waals surface area contributed by atoms with Crippen molar-refractivity contribution in [3.63, 3.8) is 0 Å². The molecule has 5 rings (SSSR count). The molecule has 2 amide bonds. The lowest BCUT2D eigenvalue weighted by Gasteiger charge is -2.47. The van der Waals surface area contributed by atoms with Crippen molar-refractivity contribution in [2.45, 2.75) is 76.6 Å². The topological polar surface area (TPSA) is 86.3 Å². The molecule has 1 aliphatic carbocycles. The minimum Gasteiger partial charge on any atom is -0.473 e. The summed E-state index contributed by atoms with van der Waals surface area (Å²) in [5.41, 5.74) is 1.89. The smallest absolute Gasteiger partial charge is 0.246 e. The average molecular weight is 454 g/mol. The first-order valence-corrected chi connectivity index (χ1v) is 12.5. The van der Waals surface area contributed by atoms with Crippen LogP contribution in [0.2, 0.25) is 0 Å². The van der Waals surface area contributed by atoms with E-state index in [-0.39, 0.29) is 18.0 Å². The fourth-order valence-electron chi connectivity index (χ4n) is 5.97. The molecular weight excluding hydrogens is 418 g/mol. The molecule has 4 aliphatic rings. The first-order chi connectivity index (χ1) is 16.1. The monoisotopic (exact) mass is 453 g/mol. The number of guanidine groups is 1. The van der Waals surface area contributed by atoms with Crippen LogP contribution in [0.25, 0.3) is 0 Å². The van der Waals surface area contributed by atoms with Crippen LogP contribution in [0.3, 0.4) is 0 Å². The molecule has 0 aromatic heterocycles. The minimum atomic E-state index is -0.0801. The summed E-state index contributed by atoms with van der Waals surface area (Å²) in [6.45, 7) is 2.04. The Balaban J connectivity index is 1.39. The zero-order chi connectivity index (χ0) is 22.8. The van der Waals surface area contributed by atoms with Gasteiger partial charge in [-0.25, -0.2) is 4.99 Å². The summed E-state index contributed by atoms with van der Waals surface area (Å²) in [6.07, 6.45) is 9.70. The lowest BCUT2D eigenvalue weighted by molar-refractivity contribution is -0.121. The molecule has 1 aromatic rings. The van der Waals surface area contributed by atoms with Crippen LogP contribution in [-0.2, 0) is 16.1 Å². The van der Waals surface area contributed by atoms with Crippen molar-refractivity contribution in [3.05, 3.63) is 23.8 Å². The van der Waals surface area contributed by atoms with E-state index in [9.17, 15) is 9.59 Å². The number of amides is 2. The van der Waals surface area contributed by atoms with Crippen molar-refractivity contribution in [2.24, 2.45) is 10.9 Å². The number of hydrogen-bond donors (Lipinski definition) is 2. The van der Waals surface area contributed by atoms with Gasteiger partial charge in [-0.15, -0.1) is 0 Å². The van der Waals surface area contributed by atoms with E-state index < -0.39 is 0 Å². The molecule has 8 heteroatoms. The molecule has 1 saturated carbocycles. The normalized spacial score (nSPS) is 25.3.